The van der Waals surface area contributed by atoms with Crippen LogP contribution in [0.1, 0.15) is 18.4 Å². The maximum absolute atomic E-state index is 11.9. The highest BCUT2D eigenvalue weighted by atomic mass is 32.2. The molecule has 1 aliphatic rings. The van der Waals surface area contributed by atoms with Crippen LogP contribution in [0.4, 0.5) is 0 Å². The molecule has 0 saturated carbocycles. The van der Waals surface area contributed by atoms with Crippen molar-refractivity contribution in [3.05, 3.63) is 29.8 Å². The second-order valence-electron chi connectivity index (χ2n) is 4.92. The van der Waals surface area contributed by atoms with Gasteiger partial charge in [0.25, 0.3) is 0 Å². The van der Waals surface area contributed by atoms with Crippen LogP contribution in [-0.2, 0) is 20.7 Å². The van der Waals surface area contributed by atoms with Crippen molar-refractivity contribution in [3.8, 4) is 0 Å². The minimum Gasteiger partial charge on any atom is -0.479 e. The van der Waals surface area contributed by atoms with Crippen molar-refractivity contribution in [2.24, 2.45) is 0 Å². The van der Waals surface area contributed by atoms with Gasteiger partial charge >= 0.3 is 5.97 Å². The summed E-state index contributed by atoms with van der Waals surface area (Å²) in [6, 6.07) is 8.20. The number of hydrogen-bond acceptors (Lipinski definition) is 4. The Kier molecular flexibility index (Phi) is 5.64. The van der Waals surface area contributed by atoms with Crippen molar-refractivity contribution in [1.82, 2.24) is 5.32 Å². The normalized spacial score (nSPS) is 21.2. The number of ether oxygens (including phenoxy) is 1. The van der Waals surface area contributed by atoms with E-state index in [-0.39, 0.29) is 5.91 Å². The zero-order valence-corrected chi connectivity index (χ0v) is 12.7. The van der Waals surface area contributed by atoms with E-state index in [0.717, 1.165) is 12.0 Å². The van der Waals surface area contributed by atoms with E-state index in [1.54, 1.807) is 11.8 Å². The van der Waals surface area contributed by atoms with Crippen LogP contribution in [0.25, 0.3) is 0 Å². The third kappa shape index (κ3) is 4.47. The molecule has 2 rings (SSSR count). The number of carboxylic acids is 1. The predicted octanol–water partition coefficient (Wildman–Crippen LogP) is 1.70. The molecule has 1 aliphatic heterocycles. The van der Waals surface area contributed by atoms with Gasteiger partial charge in [-0.05, 0) is 43.2 Å². The molecule has 0 unspecified atom stereocenters. The summed E-state index contributed by atoms with van der Waals surface area (Å²) in [7, 11) is 0. The van der Waals surface area contributed by atoms with Gasteiger partial charge in [0.15, 0.2) is 6.10 Å². The topological polar surface area (TPSA) is 75.6 Å². The first kappa shape index (κ1) is 15.9. The van der Waals surface area contributed by atoms with E-state index in [9.17, 15) is 9.59 Å². The maximum atomic E-state index is 11.9. The van der Waals surface area contributed by atoms with Crippen LogP contribution < -0.4 is 5.32 Å². The van der Waals surface area contributed by atoms with Crippen LogP contribution >= 0.6 is 11.8 Å². The predicted molar refractivity (Wildman–Crippen MR) is 80.5 cm³/mol. The molecule has 0 radical (unpaired) electrons. The summed E-state index contributed by atoms with van der Waals surface area (Å²) in [6.07, 6.45) is 2.15. The van der Waals surface area contributed by atoms with Crippen LogP contribution in [0.3, 0.4) is 0 Å². The van der Waals surface area contributed by atoms with Gasteiger partial charge in [-0.1, -0.05) is 12.1 Å². The van der Waals surface area contributed by atoms with E-state index in [2.05, 4.69) is 17.4 Å². The summed E-state index contributed by atoms with van der Waals surface area (Å²) in [6.45, 7) is 0.523. The standard InChI is InChI=1S/C15H19NO4S/c1-21-11-4-2-10(3-5-11)8-9-16-14(17)12-6-7-13(20-12)15(18)19/h2-5,12-13H,6-9H2,1H3,(H,16,17)(H,18,19)/t12-,13+/m0/s1. The number of hydrogen-bond donors (Lipinski definition) is 2. The lowest BCUT2D eigenvalue weighted by Crippen LogP contribution is -2.36. The summed E-state index contributed by atoms with van der Waals surface area (Å²) in [5, 5.41) is 11.6. The molecule has 6 heteroatoms. The van der Waals surface area contributed by atoms with Crippen molar-refractivity contribution >= 4 is 23.6 Å². The Bertz CT molecular complexity index is 503. The maximum Gasteiger partial charge on any atom is 0.332 e. The van der Waals surface area contributed by atoms with E-state index < -0.39 is 18.2 Å². The second kappa shape index (κ2) is 7.47. The van der Waals surface area contributed by atoms with Gasteiger partial charge in [-0.3, -0.25) is 4.79 Å². The first-order chi connectivity index (χ1) is 10.1. The number of thioether (sulfide) groups is 1. The quantitative estimate of drug-likeness (QED) is 0.782. The van der Waals surface area contributed by atoms with Crippen molar-refractivity contribution in [3.63, 3.8) is 0 Å². The number of aliphatic carboxylic acids is 1. The molecular formula is C15H19NO4S. The van der Waals surface area contributed by atoms with Crippen LogP contribution in [0.5, 0.6) is 0 Å². The fraction of sp³-hybridized carbons (Fsp3) is 0.467. The highest BCUT2D eigenvalue weighted by Crippen LogP contribution is 2.20. The summed E-state index contributed by atoms with van der Waals surface area (Å²) < 4.78 is 5.20. The largest absolute Gasteiger partial charge is 0.479 e. The first-order valence-electron chi connectivity index (χ1n) is 6.89. The molecule has 1 aromatic carbocycles. The molecule has 1 aromatic rings. The van der Waals surface area contributed by atoms with Crippen LogP contribution in [-0.4, -0.2) is 42.0 Å². The fourth-order valence-electron chi connectivity index (χ4n) is 2.25. The third-order valence-electron chi connectivity index (χ3n) is 3.46. The fourth-order valence-corrected chi connectivity index (χ4v) is 2.66. The van der Waals surface area contributed by atoms with Gasteiger partial charge in [0.05, 0.1) is 0 Å². The van der Waals surface area contributed by atoms with E-state index in [1.807, 2.05) is 18.4 Å². The van der Waals surface area contributed by atoms with Crippen molar-refractivity contribution in [2.75, 3.05) is 12.8 Å². The second-order valence-corrected chi connectivity index (χ2v) is 5.80. The van der Waals surface area contributed by atoms with Crippen LogP contribution in [0.15, 0.2) is 29.2 Å². The summed E-state index contributed by atoms with van der Waals surface area (Å²) in [5.41, 5.74) is 1.16. The average Bonchev–Trinajstić information content (AvgIpc) is 2.98. The summed E-state index contributed by atoms with van der Waals surface area (Å²) in [5.74, 6) is -1.22. The molecule has 21 heavy (non-hydrogen) atoms. The molecule has 0 aliphatic carbocycles. The van der Waals surface area contributed by atoms with E-state index in [1.165, 1.54) is 4.90 Å². The molecule has 1 amide bonds. The SMILES string of the molecule is CSc1ccc(CCNC(=O)[C@@H]2CC[C@H](C(=O)O)O2)cc1. The van der Waals surface area contributed by atoms with Gasteiger partial charge in [-0.25, -0.2) is 4.79 Å². The van der Waals surface area contributed by atoms with Gasteiger partial charge < -0.3 is 15.2 Å². The lowest BCUT2D eigenvalue weighted by molar-refractivity contribution is -0.151. The number of benzene rings is 1. The zero-order valence-electron chi connectivity index (χ0n) is 11.9. The molecular weight excluding hydrogens is 290 g/mol. The molecule has 0 spiro atoms. The van der Waals surface area contributed by atoms with Crippen LogP contribution in [0.2, 0.25) is 0 Å². The Balaban J connectivity index is 1.73. The van der Waals surface area contributed by atoms with Gasteiger partial charge in [-0.15, -0.1) is 11.8 Å². The minimum absolute atomic E-state index is 0.223. The van der Waals surface area contributed by atoms with Crippen molar-refractivity contribution < 1.29 is 19.4 Å². The van der Waals surface area contributed by atoms with E-state index in [4.69, 9.17) is 9.84 Å². The Hall–Kier alpha value is -1.53. The number of carbonyl (C=O) groups excluding carboxylic acids is 1. The smallest absolute Gasteiger partial charge is 0.332 e. The average molecular weight is 309 g/mol. The number of nitrogens with one attached hydrogen (secondary N) is 1. The number of rotatable bonds is 6. The molecule has 2 N–H and O–H groups in total. The van der Waals surface area contributed by atoms with Crippen molar-refractivity contribution in [2.45, 2.75) is 36.4 Å². The van der Waals surface area contributed by atoms with E-state index >= 15 is 0 Å². The third-order valence-corrected chi connectivity index (χ3v) is 4.20. The number of amides is 1. The Labute approximate surface area is 128 Å². The molecule has 5 nitrogen and oxygen atoms in total. The minimum atomic E-state index is -1.00. The zero-order chi connectivity index (χ0) is 15.2. The Morgan fingerprint density at radius 1 is 1.29 bits per heavy atom. The monoisotopic (exact) mass is 309 g/mol. The van der Waals surface area contributed by atoms with Gasteiger partial charge in [0.2, 0.25) is 5.91 Å². The number of carbonyl (C=O) groups is 2. The van der Waals surface area contributed by atoms with E-state index in [0.29, 0.717) is 19.4 Å². The molecule has 114 valence electrons. The van der Waals surface area contributed by atoms with Crippen molar-refractivity contribution in [1.29, 1.82) is 0 Å². The number of carboxylic acid groups (broad SMARTS) is 1. The Morgan fingerprint density at radius 3 is 2.52 bits per heavy atom. The molecule has 0 bridgehead atoms. The van der Waals surface area contributed by atoms with Crippen LogP contribution in [0, 0.1) is 0 Å². The molecule has 2 atom stereocenters. The highest BCUT2D eigenvalue weighted by molar-refractivity contribution is 7.98. The summed E-state index contributed by atoms with van der Waals surface area (Å²) in [4.78, 5) is 23.8. The van der Waals surface area contributed by atoms with Gasteiger partial charge in [0, 0.05) is 11.4 Å². The lowest BCUT2D eigenvalue weighted by Gasteiger charge is -2.11. The molecule has 1 fully saturated rings. The molecule has 1 saturated heterocycles. The first-order valence-corrected chi connectivity index (χ1v) is 8.11. The van der Waals surface area contributed by atoms with Gasteiger partial charge in [0.1, 0.15) is 6.10 Å². The summed E-state index contributed by atoms with van der Waals surface area (Å²) >= 11 is 1.69. The van der Waals surface area contributed by atoms with Gasteiger partial charge in [-0.2, -0.15) is 0 Å². The Morgan fingerprint density at radius 2 is 1.95 bits per heavy atom. The lowest BCUT2D eigenvalue weighted by atomic mass is 10.1. The highest BCUT2D eigenvalue weighted by Gasteiger charge is 2.34. The molecule has 0 aromatic heterocycles. The molecule has 1 heterocycles.